The third kappa shape index (κ3) is 3.48. The number of aromatic nitrogens is 1. The molecule has 2 rings (SSSR count). The molecular weight excluding hydrogens is 250 g/mol. The summed E-state index contributed by atoms with van der Waals surface area (Å²) < 4.78 is 31.7. The van der Waals surface area contributed by atoms with Gasteiger partial charge in [-0.3, -0.25) is 4.98 Å². The largest absolute Gasteiger partial charge is 0.488 e. The molecule has 0 fully saturated rings. The number of nitrogens with zero attached hydrogens (tertiary/aromatic N) is 1. The first kappa shape index (κ1) is 13.4. The van der Waals surface area contributed by atoms with Crippen LogP contribution >= 0.6 is 0 Å². The maximum absolute atomic E-state index is 13.2. The van der Waals surface area contributed by atoms with Crippen LogP contribution in [0.4, 0.5) is 8.78 Å². The molecule has 0 saturated carbocycles. The quantitative estimate of drug-likeness (QED) is 0.923. The van der Waals surface area contributed by atoms with Gasteiger partial charge < -0.3 is 10.5 Å². The summed E-state index contributed by atoms with van der Waals surface area (Å²) in [5, 5.41) is 0. The second kappa shape index (κ2) is 5.75. The van der Waals surface area contributed by atoms with E-state index in [9.17, 15) is 8.78 Å². The predicted molar refractivity (Wildman–Crippen MR) is 67.5 cm³/mol. The fourth-order valence-electron chi connectivity index (χ4n) is 1.70. The van der Waals surface area contributed by atoms with E-state index in [4.69, 9.17) is 10.5 Å². The van der Waals surface area contributed by atoms with Gasteiger partial charge >= 0.3 is 0 Å². The van der Waals surface area contributed by atoms with Crippen molar-refractivity contribution in [1.82, 2.24) is 4.98 Å². The third-order valence-electron chi connectivity index (χ3n) is 2.62. The van der Waals surface area contributed by atoms with Crippen molar-refractivity contribution in [3.63, 3.8) is 0 Å². The minimum absolute atomic E-state index is 0.149. The van der Waals surface area contributed by atoms with Gasteiger partial charge in [-0.1, -0.05) is 0 Å². The van der Waals surface area contributed by atoms with Crippen molar-refractivity contribution < 1.29 is 13.5 Å². The molecule has 2 aromatic rings. The summed E-state index contributed by atoms with van der Waals surface area (Å²) in [6, 6.07) is 5.13. The summed E-state index contributed by atoms with van der Waals surface area (Å²) in [7, 11) is 0. The SMILES string of the molecule is C[C@H](N)c1cc(F)ccc1OCc1cncc(F)c1. The zero-order valence-electron chi connectivity index (χ0n) is 10.4. The normalized spacial score (nSPS) is 12.2. The Hall–Kier alpha value is -2.01. The topological polar surface area (TPSA) is 48.1 Å². The number of ether oxygens (including phenoxy) is 1. The Morgan fingerprint density at radius 1 is 1.21 bits per heavy atom. The summed E-state index contributed by atoms with van der Waals surface area (Å²) in [5.41, 5.74) is 6.93. The molecule has 1 atom stereocenters. The van der Waals surface area contributed by atoms with Crippen molar-refractivity contribution in [2.45, 2.75) is 19.6 Å². The number of halogens is 2. The highest BCUT2D eigenvalue weighted by atomic mass is 19.1. The molecular formula is C14H14F2N2O. The molecule has 2 N–H and O–H groups in total. The van der Waals surface area contributed by atoms with Crippen molar-refractivity contribution in [2.75, 3.05) is 0 Å². The molecule has 1 aromatic carbocycles. The molecule has 19 heavy (non-hydrogen) atoms. The first-order valence-corrected chi connectivity index (χ1v) is 5.83. The van der Waals surface area contributed by atoms with E-state index in [1.54, 1.807) is 6.92 Å². The van der Waals surface area contributed by atoms with Gasteiger partial charge in [-0.2, -0.15) is 0 Å². The second-order valence-electron chi connectivity index (χ2n) is 4.27. The molecule has 0 saturated heterocycles. The first-order chi connectivity index (χ1) is 9.06. The highest BCUT2D eigenvalue weighted by Crippen LogP contribution is 2.25. The van der Waals surface area contributed by atoms with Crippen LogP contribution in [0.1, 0.15) is 24.1 Å². The van der Waals surface area contributed by atoms with Crippen LogP contribution in [0.5, 0.6) is 5.75 Å². The Morgan fingerprint density at radius 3 is 2.68 bits per heavy atom. The van der Waals surface area contributed by atoms with Gasteiger partial charge in [0.05, 0.1) is 6.20 Å². The van der Waals surface area contributed by atoms with Crippen molar-refractivity contribution in [2.24, 2.45) is 5.73 Å². The second-order valence-corrected chi connectivity index (χ2v) is 4.27. The number of nitrogens with two attached hydrogens (primary N) is 1. The molecule has 3 nitrogen and oxygen atoms in total. The summed E-state index contributed by atoms with van der Waals surface area (Å²) in [6.45, 7) is 1.89. The Bertz CT molecular complexity index is 573. The van der Waals surface area contributed by atoms with Crippen molar-refractivity contribution >= 4 is 0 Å². The molecule has 0 aliphatic heterocycles. The molecule has 0 amide bonds. The number of rotatable bonds is 4. The van der Waals surface area contributed by atoms with Crippen LogP contribution in [0, 0.1) is 11.6 Å². The average molecular weight is 264 g/mol. The third-order valence-corrected chi connectivity index (χ3v) is 2.62. The maximum Gasteiger partial charge on any atom is 0.141 e. The van der Waals surface area contributed by atoms with Crippen molar-refractivity contribution in [3.8, 4) is 5.75 Å². The van der Waals surface area contributed by atoms with Gasteiger partial charge in [0.25, 0.3) is 0 Å². The average Bonchev–Trinajstić information content (AvgIpc) is 2.37. The van der Waals surface area contributed by atoms with Gasteiger partial charge in [-0.15, -0.1) is 0 Å². The molecule has 0 unspecified atom stereocenters. The van der Waals surface area contributed by atoms with E-state index in [1.807, 2.05) is 0 Å². The minimum atomic E-state index is -0.423. The van der Waals surface area contributed by atoms with Crippen LogP contribution in [0.2, 0.25) is 0 Å². The summed E-state index contributed by atoms with van der Waals surface area (Å²) >= 11 is 0. The standard InChI is InChI=1S/C14H14F2N2O/c1-9(17)13-5-11(15)2-3-14(13)19-8-10-4-12(16)7-18-6-10/h2-7,9H,8,17H2,1H3/t9-/m0/s1. The monoisotopic (exact) mass is 264 g/mol. The van der Waals surface area contributed by atoms with Crippen LogP contribution in [-0.2, 0) is 6.61 Å². The minimum Gasteiger partial charge on any atom is -0.488 e. The highest BCUT2D eigenvalue weighted by molar-refractivity contribution is 5.36. The molecule has 0 spiro atoms. The molecule has 0 aliphatic carbocycles. The zero-order valence-corrected chi connectivity index (χ0v) is 10.4. The molecule has 1 heterocycles. The van der Waals surface area contributed by atoms with Crippen molar-refractivity contribution in [3.05, 3.63) is 59.4 Å². The van der Waals surface area contributed by atoms with Gasteiger partial charge in [0.2, 0.25) is 0 Å². The van der Waals surface area contributed by atoms with E-state index in [-0.39, 0.29) is 18.5 Å². The van der Waals surface area contributed by atoms with E-state index in [1.165, 1.54) is 30.5 Å². The van der Waals surface area contributed by atoms with Gasteiger partial charge in [0.1, 0.15) is 24.0 Å². The molecule has 0 bridgehead atoms. The van der Waals surface area contributed by atoms with E-state index in [0.29, 0.717) is 16.9 Å². The number of hydrogen-bond acceptors (Lipinski definition) is 3. The smallest absolute Gasteiger partial charge is 0.141 e. The van der Waals surface area contributed by atoms with Crippen LogP contribution in [-0.4, -0.2) is 4.98 Å². The lowest BCUT2D eigenvalue weighted by atomic mass is 10.1. The summed E-state index contributed by atoms with van der Waals surface area (Å²) in [6.07, 6.45) is 2.63. The van der Waals surface area contributed by atoms with Crippen LogP contribution in [0.3, 0.4) is 0 Å². The number of benzene rings is 1. The van der Waals surface area contributed by atoms with E-state index in [2.05, 4.69) is 4.98 Å². The molecule has 0 radical (unpaired) electrons. The van der Waals surface area contributed by atoms with Gasteiger partial charge in [0.15, 0.2) is 0 Å². The Morgan fingerprint density at radius 2 is 2.00 bits per heavy atom. The maximum atomic E-state index is 13.2. The van der Waals surface area contributed by atoms with Gasteiger partial charge in [-0.05, 0) is 31.2 Å². The van der Waals surface area contributed by atoms with Crippen LogP contribution in [0.25, 0.3) is 0 Å². The van der Waals surface area contributed by atoms with E-state index in [0.717, 1.165) is 6.20 Å². The van der Waals surface area contributed by atoms with E-state index < -0.39 is 5.82 Å². The fraction of sp³-hybridized carbons (Fsp3) is 0.214. The fourth-order valence-corrected chi connectivity index (χ4v) is 1.70. The first-order valence-electron chi connectivity index (χ1n) is 5.83. The van der Waals surface area contributed by atoms with Gasteiger partial charge in [0, 0.05) is 23.4 Å². The Kier molecular flexibility index (Phi) is 4.06. The molecule has 1 aromatic heterocycles. The number of pyridine rings is 1. The zero-order chi connectivity index (χ0) is 13.8. The van der Waals surface area contributed by atoms with Crippen LogP contribution in [0.15, 0.2) is 36.7 Å². The lowest BCUT2D eigenvalue weighted by Crippen LogP contribution is -2.08. The van der Waals surface area contributed by atoms with Crippen molar-refractivity contribution in [1.29, 1.82) is 0 Å². The summed E-state index contributed by atoms with van der Waals surface area (Å²) in [5.74, 6) is -0.305. The van der Waals surface area contributed by atoms with Gasteiger partial charge in [-0.25, -0.2) is 8.78 Å². The van der Waals surface area contributed by atoms with E-state index >= 15 is 0 Å². The Labute approximate surface area is 110 Å². The molecule has 100 valence electrons. The highest BCUT2D eigenvalue weighted by Gasteiger charge is 2.10. The number of hydrogen-bond donors (Lipinski definition) is 1. The Balaban J connectivity index is 2.15. The summed E-state index contributed by atoms with van der Waals surface area (Å²) in [4.78, 5) is 3.73. The lowest BCUT2D eigenvalue weighted by molar-refractivity contribution is 0.299. The van der Waals surface area contributed by atoms with Crippen LogP contribution < -0.4 is 10.5 Å². The molecule has 0 aliphatic rings. The lowest BCUT2D eigenvalue weighted by Gasteiger charge is -2.14. The molecule has 5 heteroatoms. The predicted octanol–water partition coefficient (Wildman–Crippen LogP) is 2.96.